The molecule has 0 unspecified atom stereocenters. The van der Waals surface area contributed by atoms with Crippen LogP contribution in [0.4, 0.5) is 0 Å². The first-order valence-corrected chi connectivity index (χ1v) is 12.0. The van der Waals surface area contributed by atoms with Crippen molar-refractivity contribution < 1.29 is 14.7 Å². The number of phenolic OH excluding ortho intramolecular Hbond substituents is 1. The lowest BCUT2D eigenvalue weighted by Gasteiger charge is -2.33. The van der Waals surface area contributed by atoms with E-state index in [0.717, 1.165) is 70.9 Å². The Bertz CT molecular complexity index is 799. The van der Waals surface area contributed by atoms with Gasteiger partial charge in [-0.3, -0.25) is 19.4 Å². The van der Waals surface area contributed by atoms with Crippen LogP contribution in [0.5, 0.6) is 5.75 Å². The van der Waals surface area contributed by atoms with Crippen LogP contribution in [0.25, 0.3) is 0 Å². The second-order valence-corrected chi connectivity index (χ2v) is 9.77. The minimum Gasteiger partial charge on any atom is -0.508 e. The minimum absolute atomic E-state index is 0.0126. The predicted molar refractivity (Wildman–Crippen MR) is 115 cm³/mol. The van der Waals surface area contributed by atoms with Crippen molar-refractivity contribution >= 4 is 11.8 Å². The lowest BCUT2D eigenvalue weighted by atomic mass is 9.79. The van der Waals surface area contributed by atoms with E-state index in [0.29, 0.717) is 24.3 Å². The molecular formula is C25H34N2O3. The lowest BCUT2D eigenvalue weighted by Crippen LogP contribution is -2.36. The molecule has 4 aliphatic rings. The van der Waals surface area contributed by atoms with Gasteiger partial charge in [-0.2, -0.15) is 0 Å². The van der Waals surface area contributed by atoms with E-state index in [9.17, 15) is 14.7 Å². The summed E-state index contributed by atoms with van der Waals surface area (Å²) in [5, 5.41) is 10.2. The third-order valence-electron chi connectivity index (χ3n) is 8.20. The van der Waals surface area contributed by atoms with Gasteiger partial charge in [0.15, 0.2) is 0 Å². The predicted octanol–water partition coefficient (Wildman–Crippen LogP) is 3.84. The fraction of sp³-hybridized carbons (Fsp3) is 0.680. The third-order valence-corrected chi connectivity index (χ3v) is 8.20. The molecule has 1 saturated carbocycles. The number of carbonyl (C=O) groups excluding carboxylic acids is 2. The summed E-state index contributed by atoms with van der Waals surface area (Å²) in [6, 6.07) is 6.61. The Morgan fingerprint density at radius 2 is 1.60 bits per heavy atom. The van der Waals surface area contributed by atoms with E-state index in [-0.39, 0.29) is 23.7 Å². The Labute approximate surface area is 179 Å². The van der Waals surface area contributed by atoms with Crippen LogP contribution in [0.15, 0.2) is 18.2 Å². The number of unbranched alkanes of at least 4 members (excludes halogenated alkanes) is 2. The summed E-state index contributed by atoms with van der Waals surface area (Å²) in [4.78, 5) is 29.4. The Kier molecular flexibility index (Phi) is 5.57. The number of amides is 2. The molecule has 5 heteroatoms. The van der Waals surface area contributed by atoms with Crippen molar-refractivity contribution in [2.75, 3.05) is 19.6 Å². The molecule has 1 aromatic rings. The third kappa shape index (κ3) is 3.45. The van der Waals surface area contributed by atoms with E-state index >= 15 is 0 Å². The number of carbonyl (C=O) groups is 2. The first kappa shape index (κ1) is 20.0. The number of aromatic hydroxyl groups is 1. The lowest BCUT2D eigenvalue weighted by molar-refractivity contribution is -0.139. The van der Waals surface area contributed by atoms with Crippen LogP contribution in [0, 0.1) is 11.8 Å². The van der Waals surface area contributed by atoms with Crippen LogP contribution in [0.3, 0.4) is 0 Å². The zero-order valence-corrected chi connectivity index (χ0v) is 17.9. The number of rotatable bonds is 6. The number of benzene rings is 1. The molecule has 5 rings (SSSR count). The summed E-state index contributed by atoms with van der Waals surface area (Å²) in [5.41, 5.74) is 2.53. The Balaban J connectivity index is 1.09. The number of fused-ring (bicyclic) bond motifs is 4. The van der Waals surface area contributed by atoms with Gasteiger partial charge in [0, 0.05) is 18.5 Å². The van der Waals surface area contributed by atoms with E-state index in [1.807, 2.05) is 12.1 Å². The van der Waals surface area contributed by atoms with Gasteiger partial charge in [0.2, 0.25) is 11.8 Å². The molecule has 2 saturated heterocycles. The maximum atomic E-state index is 12.6. The van der Waals surface area contributed by atoms with Crippen LogP contribution in [0.2, 0.25) is 0 Å². The number of hydrogen-bond donors (Lipinski definition) is 1. The summed E-state index contributed by atoms with van der Waals surface area (Å²) in [6.45, 7) is 2.85. The van der Waals surface area contributed by atoms with Crippen molar-refractivity contribution in [3.63, 3.8) is 0 Å². The highest BCUT2D eigenvalue weighted by Crippen LogP contribution is 2.44. The van der Waals surface area contributed by atoms with Crippen molar-refractivity contribution in [2.45, 2.75) is 76.2 Å². The molecule has 0 spiro atoms. The van der Waals surface area contributed by atoms with Crippen molar-refractivity contribution in [1.29, 1.82) is 0 Å². The average Bonchev–Trinajstić information content (AvgIpc) is 3.28. The molecule has 0 bridgehead atoms. The highest BCUT2D eigenvalue weighted by atomic mass is 16.3. The standard InChI is InChI=1S/C25H34N2O3/c28-23-10-6-9-17-18-13-16-26(22(18)12-11-19(17)23)14-4-1-5-15-27-24(29)20-7-2-3-8-21(20)25(27)30/h6,9-10,18,20-22,28H,1-5,7-8,11-16H2/t18-,20-,21+,22+/m0/s1. The summed E-state index contributed by atoms with van der Waals surface area (Å²) >= 11 is 0. The molecule has 0 radical (unpaired) electrons. The van der Waals surface area contributed by atoms with Gasteiger partial charge in [-0.25, -0.2) is 0 Å². The summed E-state index contributed by atoms with van der Waals surface area (Å²) in [5.74, 6) is 1.22. The quantitative estimate of drug-likeness (QED) is 0.572. The number of nitrogens with zero attached hydrogens (tertiary/aromatic N) is 2. The van der Waals surface area contributed by atoms with E-state index in [1.165, 1.54) is 17.5 Å². The molecule has 5 nitrogen and oxygen atoms in total. The van der Waals surface area contributed by atoms with Gasteiger partial charge in [-0.05, 0) is 75.2 Å². The topological polar surface area (TPSA) is 60.9 Å². The van der Waals surface area contributed by atoms with E-state index in [1.54, 1.807) is 4.90 Å². The summed E-state index contributed by atoms with van der Waals surface area (Å²) in [7, 11) is 0. The van der Waals surface area contributed by atoms with Gasteiger partial charge in [0.25, 0.3) is 0 Å². The molecule has 2 amide bonds. The Morgan fingerprint density at radius 3 is 2.37 bits per heavy atom. The van der Waals surface area contributed by atoms with Crippen molar-refractivity contribution in [3.05, 3.63) is 29.3 Å². The van der Waals surface area contributed by atoms with Crippen molar-refractivity contribution in [1.82, 2.24) is 9.80 Å². The highest BCUT2D eigenvalue weighted by Gasteiger charge is 2.47. The van der Waals surface area contributed by atoms with Gasteiger partial charge < -0.3 is 5.11 Å². The fourth-order valence-electron chi connectivity index (χ4n) is 6.66. The summed E-state index contributed by atoms with van der Waals surface area (Å²) in [6.07, 6.45) is 10.4. The largest absolute Gasteiger partial charge is 0.508 e. The molecule has 162 valence electrons. The maximum absolute atomic E-state index is 12.6. The SMILES string of the molecule is O=C1[C@H]2CCCC[C@H]2C(=O)N1CCCCCN1CC[C@H]2c3cccc(O)c3CC[C@H]21. The number of hydrogen-bond acceptors (Lipinski definition) is 4. The van der Waals surface area contributed by atoms with E-state index in [4.69, 9.17) is 0 Å². The molecule has 2 aliphatic carbocycles. The number of phenols is 1. The molecule has 1 aromatic carbocycles. The zero-order valence-electron chi connectivity index (χ0n) is 17.9. The molecule has 30 heavy (non-hydrogen) atoms. The van der Waals surface area contributed by atoms with E-state index < -0.39 is 0 Å². The maximum Gasteiger partial charge on any atom is 0.233 e. The van der Waals surface area contributed by atoms with Crippen molar-refractivity contribution in [3.8, 4) is 5.75 Å². The summed E-state index contributed by atoms with van der Waals surface area (Å²) < 4.78 is 0. The van der Waals surface area contributed by atoms with Gasteiger partial charge in [0.05, 0.1) is 11.8 Å². The van der Waals surface area contributed by atoms with Crippen LogP contribution in [-0.4, -0.2) is 52.4 Å². The number of imide groups is 1. The molecule has 0 aromatic heterocycles. The van der Waals surface area contributed by atoms with Crippen LogP contribution < -0.4 is 0 Å². The zero-order chi connectivity index (χ0) is 20.7. The van der Waals surface area contributed by atoms with Crippen LogP contribution in [-0.2, 0) is 16.0 Å². The monoisotopic (exact) mass is 410 g/mol. The fourth-order valence-corrected chi connectivity index (χ4v) is 6.66. The van der Waals surface area contributed by atoms with Gasteiger partial charge >= 0.3 is 0 Å². The number of likely N-dealkylation sites (tertiary alicyclic amines) is 2. The van der Waals surface area contributed by atoms with E-state index in [2.05, 4.69) is 11.0 Å². The Morgan fingerprint density at radius 1 is 0.867 bits per heavy atom. The molecule has 3 fully saturated rings. The molecule has 2 heterocycles. The normalized spacial score (nSPS) is 31.0. The highest BCUT2D eigenvalue weighted by molar-refractivity contribution is 6.05. The van der Waals surface area contributed by atoms with Gasteiger partial charge in [-0.15, -0.1) is 0 Å². The molecule has 1 N–H and O–H groups in total. The minimum atomic E-state index is -0.0126. The van der Waals surface area contributed by atoms with Crippen LogP contribution in [0.1, 0.15) is 74.8 Å². The van der Waals surface area contributed by atoms with Crippen LogP contribution >= 0.6 is 0 Å². The van der Waals surface area contributed by atoms with Crippen molar-refractivity contribution in [2.24, 2.45) is 11.8 Å². The molecule has 2 aliphatic heterocycles. The van der Waals surface area contributed by atoms with Gasteiger partial charge in [0.1, 0.15) is 5.75 Å². The average molecular weight is 411 g/mol. The smallest absolute Gasteiger partial charge is 0.233 e. The first-order chi connectivity index (χ1) is 14.6. The second-order valence-electron chi connectivity index (χ2n) is 9.77. The van der Waals surface area contributed by atoms with Gasteiger partial charge in [-0.1, -0.05) is 31.4 Å². The first-order valence-electron chi connectivity index (χ1n) is 12.0. The Hall–Kier alpha value is -1.88. The second kappa shape index (κ2) is 8.33. The molecular weight excluding hydrogens is 376 g/mol. The molecule has 4 atom stereocenters.